The summed E-state index contributed by atoms with van der Waals surface area (Å²) < 4.78 is 0. The molecule has 116 valence electrons. The van der Waals surface area contributed by atoms with Gasteiger partial charge >= 0.3 is 0 Å². The highest BCUT2D eigenvalue weighted by molar-refractivity contribution is 5.22. The lowest BCUT2D eigenvalue weighted by molar-refractivity contribution is 0.256. The molecule has 3 unspecified atom stereocenters. The summed E-state index contributed by atoms with van der Waals surface area (Å²) in [6, 6.07) is 9.65. The second kappa shape index (κ2) is 7.39. The number of piperidine rings is 1. The number of nitrogens with one attached hydrogen (secondary N) is 2. The van der Waals surface area contributed by atoms with Crippen LogP contribution in [-0.2, 0) is 13.2 Å². The summed E-state index contributed by atoms with van der Waals surface area (Å²) in [5.41, 5.74) is 2.29. The highest BCUT2D eigenvalue weighted by atomic mass is 16.3. The first-order valence-corrected chi connectivity index (χ1v) is 8.52. The van der Waals surface area contributed by atoms with E-state index < -0.39 is 0 Å². The molecule has 1 saturated heterocycles. The minimum atomic E-state index is 0.131. The molecule has 1 aliphatic carbocycles. The summed E-state index contributed by atoms with van der Waals surface area (Å²) in [6.07, 6.45) is 8.11. The van der Waals surface area contributed by atoms with Gasteiger partial charge in [-0.3, -0.25) is 0 Å². The number of aliphatic hydroxyl groups is 1. The summed E-state index contributed by atoms with van der Waals surface area (Å²) in [5.74, 6) is 0.798. The molecule has 1 heterocycles. The lowest BCUT2D eigenvalue weighted by Gasteiger charge is -2.33. The van der Waals surface area contributed by atoms with Crippen molar-refractivity contribution in [3.63, 3.8) is 0 Å². The van der Waals surface area contributed by atoms with Gasteiger partial charge in [0.15, 0.2) is 0 Å². The normalized spacial score (nSPS) is 29.7. The van der Waals surface area contributed by atoms with E-state index in [1.165, 1.54) is 50.6 Å². The van der Waals surface area contributed by atoms with E-state index in [0.29, 0.717) is 6.04 Å². The van der Waals surface area contributed by atoms with Gasteiger partial charge in [-0.05, 0) is 49.3 Å². The quantitative estimate of drug-likeness (QED) is 0.780. The van der Waals surface area contributed by atoms with Gasteiger partial charge in [-0.15, -0.1) is 0 Å². The molecule has 1 aliphatic heterocycles. The predicted octanol–water partition coefficient (Wildman–Crippen LogP) is 2.58. The van der Waals surface area contributed by atoms with Crippen molar-refractivity contribution in [2.45, 2.75) is 63.8 Å². The minimum absolute atomic E-state index is 0.131. The number of benzene rings is 1. The van der Waals surface area contributed by atoms with E-state index in [0.717, 1.165) is 24.1 Å². The highest BCUT2D eigenvalue weighted by Crippen LogP contribution is 2.31. The molecule has 3 N–H and O–H groups in total. The Hall–Kier alpha value is -0.900. The smallest absolute Gasteiger partial charge is 0.0681 e. The molecule has 1 saturated carbocycles. The SMILES string of the molecule is OCc1cccc(CNC2CCCC2C2CCCCN2)c1. The fraction of sp³-hybridized carbons (Fsp3) is 0.667. The fourth-order valence-corrected chi connectivity index (χ4v) is 4.05. The van der Waals surface area contributed by atoms with Gasteiger partial charge in [0.05, 0.1) is 6.61 Å². The van der Waals surface area contributed by atoms with Gasteiger partial charge in [-0.25, -0.2) is 0 Å². The van der Waals surface area contributed by atoms with Crippen molar-refractivity contribution in [2.75, 3.05) is 6.54 Å². The first-order valence-electron chi connectivity index (χ1n) is 8.52. The number of hydrogen-bond acceptors (Lipinski definition) is 3. The summed E-state index contributed by atoms with van der Waals surface area (Å²) in [5, 5.41) is 16.7. The molecule has 1 aromatic carbocycles. The molecule has 0 amide bonds. The van der Waals surface area contributed by atoms with E-state index in [2.05, 4.69) is 22.8 Å². The lowest BCUT2D eigenvalue weighted by atomic mass is 9.88. The van der Waals surface area contributed by atoms with Crippen LogP contribution in [0.3, 0.4) is 0 Å². The Kier molecular flexibility index (Phi) is 5.28. The van der Waals surface area contributed by atoms with Crippen LogP contribution in [-0.4, -0.2) is 23.7 Å². The van der Waals surface area contributed by atoms with E-state index in [9.17, 15) is 5.11 Å². The van der Waals surface area contributed by atoms with Crippen molar-refractivity contribution >= 4 is 0 Å². The van der Waals surface area contributed by atoms with Crippen LogP contribution in [0.5, 0.6) is 0 Å². The van der Waals surface area contributed by atoms with Gasteiger partial charge in [0, 0.05) is 18.6 Å². The zero-order valence-corrected chi connectivity index (χ0v) is 12.9. The third-order valence-corrected chi connectivity index (χ3v) is 5.18. The monoisotopic (exact) mass is 288 g/mol. The Morgan fingerprint density at radius 1 is 1.10 bits per heavy atom. The molecular weight excluding hydrogens is 260 g/mol. The average Bonchev–Trinajstić information content (AvgIpc) is 3.02. The van der Waals surface area contributed by atoms with Crippen molar-refractivity contribution in [1.82, 2.24) is 10.6 Å². The maximum Gasteiger partial charge on any atom is 0.0681 e. The molecule has 0 spiro atoms. The summed E-state index contributed by atoms with van der Waals surface area (Å²) in [7, 11) is 0. The van der Waals surface area contributed by atoms with Crippen molar-refractivity contribution in [3.8, 4) is 0 Å². The van der Waals surface area contributed by atoms with Crippen LogP contribution in [0.25, 0.3) is 0 Å². The summed E-state index contributed by atoms with van der Waals surface area (Å²) in [6.45, 7) is 2.25. The Bertz CT molecular complexity index is 443. The summed E-state index contributed by atoms with van der Waals surface area (Å²) >= 11 is 0. The second-order valence-corrected chi connectivity index (χ2v) is 6.62. The van der Waals surface area contributed by atoms with Crippen LogP contribution in [0.4, 0.5) is 0 Å². The molecule has 21 heavy (non-hydrogen) atoms. The predicted molar refractivity (Wildman–Crippen MR) is 86.0 cm³/mol. The van der Waals surface area contributed by atoms with Crippen LogP contribution in [0.15, 0.2) is 24.3 Å². The second-order valence-electron chi connectivity index (χ2n) is 6.62. The Morgan fingerprint density at radius 3 is 2.81 bits per heavy atom. The van der Waals surface area contributed by atoms with Gasteiger partial charge < -0.3 is 15.7 Å². The molecule has 2 fully saturated rings. The Balaban J connectivity index is 1.55. The first kappa shape index (κ1) is 15.0. The van der Waals surface area contributed by atoms with E-state index >= 15 is 0 Å². The number of aliphatic hydroxyl groups excluding tert-OH is 1. The molecule has 3 rings (SSSR count). The molecule has 3 heteroatoms. The maximum atomic E-state index is 9.23. The zero-order chi connectivity index (χ0) is 14.5. The Labute approximate surface area is 128 Å². The van der Waals surface area contributed by atoms with E-state index in [4.69, 9.17) is 0 Å². The van der Waals surface area contributed by atoms with Gasteiger partial charge in [0.1, 0.15) is 0 Å². The molecule has 1 aromatic rings. The number of rotatable bonds is 5. The molecule has 0 aromatic heterocycles. The Morgan fingerprint density at radius 2 is 2.00 bits per heavy atom. The largest absolute Gasteiger partial charge is 0.392 e. The zero-order valence-electron chi connectivity index (χ0n) is 12.9. The minimum Gasteiger partial charge on any atom is -0.392 e. The van der Waals surface area contributed by atoms with Crippen molar-refractivity contribution in [3.05, 3.63) is 35.4 Å². The van der Waals surface area contributed by atoms with Gasteiger partial charge in [-0.1, -0.05) is 37.1 Å². The first-order chi connectivity index (χ1) is 10.4. The van der Waals surface area contributed by atoms with Crippen molar-refractivity contribution < 1.29 is 5.11 Å². The molecule has 0 radical (unpaired) electrons. The third kappa shape index (κ3) is 3.85. The van der Waals surface area contributed by atoms with Gasteiger partial charge in [-0.2, -0.15) is 0 Å². The van der Waals surface area contributed by atoms with E-state index in [1.54, 1.807) is 0 Å². The molecule has 3 nitrogen and oxygen atoms in total. The standard InChI is InChI=1S/C18H28N2O/c21-13-15-6-3-5-14(11-15)12-20-18-9-4-7-16(18)17-8-1-2-10-19-17/h3,5-6,11,16-21H,1-2,4,7-10,12-13H2. The van der Waals surface area contributed by atoms with Crippen LogP contribution in [0.2, 0.25) is 0 Å². The van der Waals surface area contributed by atoms with Crippen LogP contribution in [0.1, 0.15) is 49.7 Å². The van der Waals surface area contributed by atoms with Gasteiger partial charge in [0.2, 0.25) is 0 Å². The van der Waals surface area contributed by atoms with Crippen LogP contribution in [0, 0.1) is 5.92 Å². The third-order valence-electron chi connectivity index (χ3n) is 5.18. The van der Waals surface area contributed by atoms with Crippen LogP contribution < -0.4 is 10.6 Å². The lowest BCUT2D eigenvalue weighted by Crippen LogP contribution is -2.46. The molecular formula is C18H28N2O. The van der Waals surface area contributed by atoms with Crippen molar-refractivity contribution in [2.24, 2.45) is 5.92 Å². The molecule has 2 aliphatic rings. The van der Waals surface area contributed by atoms with Crippen LogP contribution >= 0.6 is 0 Å². The van der Waals surface area contributed by atoms with Gasteiger partial charge in [0.25, 0.3) is 0 Å². The summed E-state index contributed by atoms with van der Waals surface area (Å²) in [4.78, 5) is 0. The van der Waals surface area contributed by atoms with Crippen molar-refractivity contribution in [1.29, 1.82) is 0 Å². The average molecular weight is 288 g/mol. The van der Waals surface area contributed by atoms with E-state index in [-0.39, 0.29) is 6.61 Å². The topological polar surface area (TPSA) is 44.3 Å². The highest BCUT2D eigenvalue weighted by Gasteiger charge is 2.33. The molecule has 0 bridgehead atoms. The molecule has 3 atom stereocenters. The fourth-order valence-electron chi connectivity index (χ4n) is 4.05. The van der Waals surface area contributed by atoms with E-state index in [1.807, 2.05) is 12.1 Å². The number of hydrogen-bond donors (Lipinski definition) is 3. The maximum absolute atomic E-state index is 9.23.